The summed E-state index contributed by atoms with van der Waals surface area (Å²) in [6, 6.07) is 21.7. The monoisotopic (exact) mass is 381 g/mol. The van der Waals surface area contributed by atoms with Crippen LogP contribution in [-0.4, -0.2) is 25.5 Å². The number of halogens is 1. The van der Waals surface area contributed by atoms with Crippen molar-refractivity contribution in [3.8, 4) is 5.75 Å². The van der Waals surface area contributed by atoms with E-state index in [1.807, 2.05) is 0 Å². The fourth-order valence-electron chi connectivity index (χ4n) is 4.07. The average Bonchev–Trinajstić information content (AvgIpc) is 2.65. The highest BCUT2D eigenvalue weighted by atomic mass is 35.5. The Morgan fingerprint density at radius 3 is 2.56 bits per heavy atom. The molecule has 0 heterocycles. The number of ether oxygens (including phenoxy) is 1. The maximum Gasteiger partial charge on any atom is 0.120 e. The van der Waals surface area contributed by atoms with Crippen LogP contribution in [0.15, 0.2) is 60.7 Å². The van der Waals surface area contributed by atoms with E-state index in [9.17, 15) is 0 Å². The Morgan fingerprint density at radius 2 is 1.74 bits per heavy atom. The van der Waals surface area contributed by atoms with Gasteiger partial charge >= 0.3 is 0 Å². The van der Waals surface area contributed by atoms with Crippen LogP contribution < -0.4 is 4.74 Å². The third kappa shape index (κ3) is 4.82. The molecule has 1 aliphatic carbocycles. The van der Waals surface area contributed by atoms with E-state index < -0.39 is 0 Å². The summed E-state index contributed by atoms with van der Waals surface area (Å²) in [5.41, 5.74) is 4.18. The van der Waals surface area contributed by atoms with Crippen molar-refractivity contribution >= 4 is 23.2 Å². The van der Waals surface area contributed by atoms with E-state index in [0.717, 1.165) is 11.7 Å². The van der Waals surface area contributed by atoms with E-state index in [4.69, 9.17) is 4.74 Å². The van der Waals surface area contributed by atoms with E-state index in [2.05, 4.69) is 79.7 Å². The van der Waals surface area contributed by atoms with Crippen molar-refractivity contribution in [1.29, 1.82) is 0 Å². The maximum atomic E-state index is 6.11. The smallest absolute Gasteiger partial charge is 0.120 e. The molecule has 0 bridgehead atoms. The Morgan fingerprint density at radius 1 is 0.926 bits per heavy atom. The van der Waals surface area contributed by atoms with Crippen LogP contribution >= 0.6 is 12.4 Å². The van der Waals surface area contributed by atoms with Crippen molar-refractivity contribution in [3.63, 3.8) is 0 Å². The van der Waals surface area contributed by atoms with Gasteiger partial charge in [-0.25, -0.2) is 0 Å². The van der Waals surface area contributed by atoms with Gasteiger partial charge in [0.05, 0.1) is 0 Å². The van der Waals surface area contributed by atoms with Crippen molar-refractivity contribution in [2.45, 2.75) is 25.9 Å². The summed E-state index contributed by atoms with van der Waals surface area (Å²) in [6.07, 6.45) is 3.65. The number of rotatable bonds is 5. The topological polar surface area (TPSA) is 12.5 Å². The standard InChI is InChI=1S/C24H27NO.ClH/c1-25(2)16-18-7-9-21-11-12-24(15-23(21)13-18)26-17-19-8-10-20-5-3-4-6-22(20)14-19;/h3-6,8,10-12,14-15,18H,7,9,13,16-17H2,1-2H3;1H. The maximum absolute atomic E-state index is 6.11. The predicted octanol–water partition coefficient (Wildman–Crippen LogP) is 5.51. The van der Waals surface area contributed by atoms with Gasteiger partial charge in [0.2, 0.25) is 0 Å². The van der Waals surface area contributed by atoms with Gasteiger partial charge in [0.15, 0.2) is 0 Å². The number of benzene rings is 3. The summed E-state index contributed by atoms with van der Waals surface area (Å²) in [7, 11) is 4.33. The zero-order chi connectivity index (χ0) is 17.9. The second-order valence-electron chi connectivity index (χ2n) is 7.77. The van der Waals surface area contributed by atoms with Crippen molar-refractivity contribution in [2.24, 2.45) is 5.92 Å². The fraction of sp³-hybridized carbons (Fsp3) is 0.333. The average molecular weight is 382 g/mol. The lowest BCUT2D eigenvalue weighted by Crippen LogP contribution is -2.26. The lowest BCUT2D eigenvalue weighted by atomic mass is 9.83. The molecular weight excluding hydrogens is 354 g/mol. The van der Waals surface area contributed by atoms with Gasteiger partial charge in [0.25, 0.3) is 0 Å². The van der Waals surface area contributed by atoms with Crippen LogP contribution in [0.2, 0.25) is 0 Å². The van der Waals surface area contributed by atoms with Gasteiger partial charge < -0.3 is 9.64 Å². The van der Waals surface area contributed by atoms with Gasteiger partial charge in [-0.2, -0.15) is 0 Å². The molecule has 4 rings (SSSR count). The van der Waals surface area contributed by atoms with E-state index in [-0.39, 0.29) is 12.4 Å². The van der Waals surface area contributed by atoms with Crippen LogP contribution in [0.25, 0.3) is 10.8 Å². The first-order chi connectivity index (χ1) is 12.7. The molecule has 1 aliphatic rings. The Balaban J connectivity index is 0.00000210. The van der Waals surface area contributed by atoms with Crippen LogP contribution in [-0.2, 0) is 19.4 Å². The minimum absolute atomic E-state index is 0. The van der Waals surface area contributed by atoms with Crippen LogP contribution in [0.5, 0.6) is 5.75 Å². The fourth-order valence-corrected chi connectivity index (χ4v) is 4.07. The van der Waals surface area contributed by atoms with Gasteiger partial charge in [0.1, 0.15) is 12.4 Å². The molecule has 0 spiro atoms. The molecule has 0 saturated heterocycles. The second-order valence-corrected chi connectivity index (χ2v) is 7.77. The number of nitrogens with zero attached hydrogens (tertiary/aromatic N) is 1. The first kappa shape index (κ1) is 19.7. The number of hydrogen-bond acceptors (Lipinski definition) is 2. The predicted molar refractivity (Wildman–Crippen MR) is 116 cm³/mol. The Bertz CT molecular complexity index is 906. The van der Waals surface area contributed by atoms with Gasteiger partial charge in [-0.3, -0.25) is 0 Å². The summed E-state index contributed by atoms with van der Waals surface area (Å²) in [6.45, 7) is 1.78. The zero-order valence-electron chi connectivity index (χ0n) is 16.2. The molecule has 3 aromatic carbocycles. The first-order valence-electron chi connectivity index (χ1n) is 9.54. The zero-order valence-corrected chi connectivity index (χ0v) is 17.0. The first-order valence-corrected chi connectivity index (χ1v) is 9.54. The van der Waals surface area contributed by atoms with Gasteiger partial charge in [0, 0.05) is 6.54 Å². The van der Waals surface area contributed by atoms with Crippen molar-refractivity contribution < 1.29 is 4.74 Å². The molecule has 1 atom stereocenters. The molecule has 2 nitrogen and oxygen atoms in total. The number of hydrogen-bond donors (Lipinski definition) is 0. The SMILES string of the molecule is CN(C)CC1CCc2ccc(OCc3ccc4ccccc4c3)cc2C1.Cl. The molecule has 0 amide bonds. The Hall–Kier alpha value is -2.03. The number of aryl methyl sites for hydroxylation is 1. The van der Waals surface area contributed by atoms with Crippen molar-refractivity contribution in [1.82, 2.24) is 4.90 Å². The molecule has 0 radical (unpaired) electrons. The Kier molecular flexibility index (Phi) is 6.41. The summed E-state index contributed by atoms with van der Waals surface area (Å²) in [5.74, 6) is 1.75. The normalized spacial score (nSPS) is 16.0. The van der Waals surface area contributed by atoms with Crippen LogP contribution in [0, 0.1) is 5.92 Å². The Labute approximate surface area is 168 Å². The lowest BCUT2D eigenvalue weighted by molar-refractivity contribution is 0.296. The van der Waals surface area contributed by atoms with Gasteiger partial charge in [-0.15, -0.1) is 12.4 Å². The highest BCUT2D eigenvalue weighted by Crippen LogP contribution is 2.29. The summed E-state index contributed by atoms with van der Waals surface area (Å²) < 4.78 is 6.11. The van der Waals surface area contributed by atoms with Gasteiger partial charge in [-0.05, 0) is 84.9 Å². The largest absolute Gasteiger partial charge is 0.489 e. The molecule has 0 aliphatic heterocycles. The van der Waals surface area contributed by atoms with Crippen molar-refractivity contribution in [2.75, 3.05) is 20.6 Å². The molecule has 3 heteroatoms. The highest BCUT2D eigenvalue weighted by Gasteiger charge is 2.19. The molecule has 0 N–H and O–H groups in total. The van der Waals surface area contributed by atoms with E-state index in [0.29, 0.717) is 6.61 Å². The van der Waals surface area contributed by atoms with Crippen LogP contribution in [0.1, 0.15) is 23.1 Å². The number of fused-ring (bicyclic) bond motifs is 2. The molecule has 0 fully saturated rings. The van der Waals surface area contributed by atoms with E-state index in [1.165, 1.54) is 53.3 Å². The van der Waals surface area contributed by atoms with Crippen LogP contribution in [0.3, 0.4) is 0 Å². The molecule has 27 heavy (non-hydrogen) atoms. The quantitative estimate of drug-likeness (QED) is 0.578. The summed E-state index contributed by atoms with van der Waals surface area (Å²) in [4.78, 5) is 2.30. The lowest BCUT2D eigenvalue weighted by Gasteiger charge is -2.27. The molecule has 142 valence electrons. The molecule has 3 aromatic rings. The summed E-state index contributed by atoms with van der Waals surface area (Å²) >= 11 is 0. The summed E-state index contributed by atoms with van der Waals surface area (Å²) in [5, 5.41) is 2.54. The van der Waals surface area contributed by atoms with Gasteiger partial charge in [-0.1, -0.05) is 42.5 Å². The molecule has 0 saturated carbocycles. The van der Waals surface area contributed by atoms with Crippen LogP contribution in [0.4, 0.5) is 0 Å². The molecule has 0 aromatic heterocycles. The van der Waals surface area contributed by atoms with E-state index >= 15 is 0 Å². The highest BCUT2D eigenvalue weighted by molar-refractivity contribution is 5.85. The molecule has 1 unspecified atom stereocenters. The second kappa shape index (κ2) is 8.77. The minimum atomic E-state index is 0. The van der Waals surface area contributed by atoms with E-state index in [1.54, 1.807) is 0 Å². The van der Waals surface area contributed by atoms with Crippen molar-refractivity contribution in [3.05, 3.63) is 77.4 Å². The minimum Gasteiger partial charge on any atom is -0.489 e. The molecular formula is C24H28ClNO. The third-order valence-electron chi connectivity index (χ3n) is 5.35. The third-order valence-corrected chi connectivity index (χ3v) is 5.35.